The molecule has 0 bridgehead atoms. The SMILES string of the molecule is COc1ccc(-c2ccc(=O)n(C(C)C(=O)N3CCCc4ccccc43)n2)cc1. The summed E-state index contributed by atoms with van der Waals surface area (Å²) in [4.78, 5) is 27.5. The van der Waals surface area contributed by atoms with Crippen LogP contribution in [0.5, 0.6) is 5.75 Å². The first-order chi connectivity index (χ1) is 14.1. The summed E-state index contributed by atoms with van der Waals surface area (Å²) >= 11 is 0. The highest BCUT2D eigenvalue weighted by atomic mass is 16.5. The van der Waals surface area contributed by atoms with Gasteiger partial charge in [0.1, 0.15) is 11.8 Å². The molecule has 0 saturated carbocycles. The fourth-order valence-corrected chi connectivity index (χ4v) is 3.71. The van der Waals surface area contributed by atoms with Gasteiger partial charge in [0.25, 0.3) is 11.5 Å². The summed E-state index contributed by atoms with van der Waals surface area (Å²) in [5, 5.41) is 4.49. The standard InChI is InChI=1S/C23H23N3O3/c1-16(23(28)25-15-5-7-18-6-3-4-8-21(18)25)26-22(27)14-13-20(24-26)17-9-11-19(29-2)12-10-17/h3-4,6,8-14,16H,5,7,15H2,1-2H3. The average molecular weight is 389 g/mol. The lowest BCUT2D eigenvalue weighted by molar-refractivity contribution is -0.121. The van der Waals surface area contributed by atoms with Crippen LogP contribution < -0.4 is 15.2 Å². The first-order valence-electron chi connectivity index (χ1n) is 9.72. The van der Waals surface area contributed by atoms with Gasteiger partial charge in [-0.1, -0.05) is 18.2 Å². The van der Waals surface area contributed by atoms with Gasteiger partial charge in [-0.25, -0.2) is 4.68 Å². The monoisotopic (exact) mass is 389 g/mol. The fourth-order valence-electron chi connectivity index (χ4n) is 3.71. The van der Waals surface area contributed by atoms with E-state index in [2.05, 4.69) is 5.10 Å². The van der Waals surface area contributed by atoms with Crippen LogP contribution >= 0.6 is 0 Å². The predicted octanol–water partition coefficient (Wildman–Crippen LogP) is 3.46. The Hall–Kier alpha value is -3.41. The Morgan fingerprint density at radius 2 is 1.83 bits per heavy atom. The van der Waals surface area contributed by atoms with Crippen LogP contribution in [0.4, 0.5) is 5.69 Å². The number of carbonyl (C=O) groups excluding carboxylic acids is 1. The van der Waals surface area contributed by atoms with Crippen LogP contribution in [0, 0.1) is 0 Å². The van der Waals surface area contributed by atoms with Crippen LogP contribution in [-0.2, 0) is 11.2 Å². The molecule has 0 fully saturated rings. The topological polar surface area (TPSA) is 64.4 Å². The van der Waals surface area contributed by atoms with Gasteiger partial charge in [-0.2, -0.15) is 5.10 Å². The summed E-state index contributed by atoms with van der Waals surface area (Å²) in [5.74, 6) is 0.619. The minimum atomic E-state index is -0.702. The Balaban J connectivity index is 1.66. The van der Waals surface area contributed by atoms with Crippen molar-refractivity contribution in [3.05, 3.63) is 76.6 Å². The van der Waals surface area contributed by atoms with E-state index in [0.717, 1.165) is 35.4 Å². The Morgan fingerprint density at radius 1 is 1.07 bits per heavy atom. The number of carbonyl (C=O) groups is 1. The van der Waals surface area contributed by atoms with Gasteiger partial charge in [0.2, 0.25) is 0 Å². The molecule has 0 spiro atoms. The van der Waals surface area contributed by atoms with Crippen molar-refractivity contribution >= 4 is 11.6 Å². The average Bonchev–Trinajstić information content (AvgIpc) is 2.78. The van der Waals surface area contributed by atoms with Crippen molar-refractivity contribution in [1.82, 2.24) is 9.78 Å². The zero-order valence-electron chi connectivity index (χ0n) is 16.5. The molecule has 2 aromatic carbocycles. The number of ether oxygens (including phenoxy) is 1. The number of anilines is 1. The highest BCUT2D eigenvalue weighted by Gasteiger charge is 2.28. The molecule has 1 aliphatic rings. The molecule has 1 aliphatic heterocycles. The van der Waals surface area contributed by atoms with E-state index < -0.39 is 6.04 Å². The molecule has 0 N–H and O–H groups in total. The maximum absolute atomic E-state index is 13.3. The molecule has 29 heavy (non-hydrogen) atoms. The molecule has 0 aliphatic carbocycles. The van der Waals surface area contributed by atoms with Crippen molar-refractivity contribution in [3.63, 3.8) is 0 Å². The van der Waals surface area contributed by atoms with E-state index in [0.29, 0.717) is 12.2 Å². The molecule has 1 atom stereocenters. The van der Waals surface area contributed by atoms with Crippen LogP contribution in [0.3, 0.4) is 0 Å². The maximum atomic E-state index is 13.3. The number of methoxy groups -OCH3 is 1. The highest BCUT2D eigenvalue weighted by Crippen LogP contribution is 2.28. The lowest BCUT2D eigenvalue weighted by Gasteiger charge is -2.31. The van der Waals surface area contributed by atoms with Gasteiger partial charge >= 0.3 is 0 Å². The third kappa shape index (κ3) is 3.66. The van der Waals surface area contributed by atoms with Crippen LogP contribution in [0.25, 0.3) is 11.3 Å². The van der Waals surface area contributed by atoms with E-state index in [-0.39, 0.29) is 11.5 Å². The summed E-state index contributed by atoms with van der Waals surface area (Å²) in [5.41, 5.74) is 3.27. The quantitative estimate of drug-likeness (QED) is 0.686. The lowest BCUT2D eigenvalue weighted by atomic mass is 10.0. The molecule has 6 heteroatoms. The van der Waals surface area contributed by atoms with Crippen LogP contribution in [0.1, 0.15) is 24.9 Å². The summed E-state index contributed by atoms with van der Waals surface area (Å²) in [6, 6.07) is 17.8. The number of fused-ring (bicyclic) bond motifs is 1. The van der Waals surface area contributed by atoms with Crippen molar-refractivity contribution in [1.29, 1.82) is 0 Å². The number of hydrogen-bond donors (Lipinski definition) is 0. The Kier molecular flexibility index (Phi) is 5.16. The first kappa shape index (κ1) is 18.9. The van der Waals surface area contributed by atoms with Gasteiger partial charge in [-0.05, 0) is 61.7 Å². The maximum Gasteiger partial charge on any atom is 0.267 e. The minimum Gasteiger partial charge on any atom is -0.497 e. The molecule has 1 amide bonds. The molecule has 0 saturated heterocycles. The lowest BCUT2D eigenvalue weighted by Crippen LogP contribution is -2.42. The predicted molar refractivity (Wildman–Crippen MR) is 112 cm³/mol. The fraction of sp³-hybridized carbons (Fsp3) is 0.261. The summed E-state index contributed by atoms with van der Waals surface area (Å²) < 4.78 is 6.46. The Bertz CT molecular complexity index is 1090. The van der Waals surface area contributed by atoms with Crippen molar-refractivity contribution in [2.45, 2.75) is 25.8 Å². The van der Waals surface area contributed by atoms with Crippen LogP contribution in [-0.4, -0.2) is 29.3 Å². The van der Waals surface area contributed by atoms with E-state index >= 15 is 0 Å². The number of amides is 1. The van der Waals surface area contributed by atoms with Gasteiger partial charge in [0.15, 0.2) is 0 Å². The number of aromatic nitrogens is 2. The van der Waals surface area contributed by atoms with Crippen LogP contribution in [0.15, 0.2) is 65.5 Å². The first-order valence-corrected chi connectivity index (χ1v) is 9.72. The third-order valence-electron chi connectivity index (χ3n) is 5.31. The van der Waals surface area contributed by atoms with Crippen molar-refractivity contribution < 1.29 is 9.53 Å². The zero-order valence-corrected chi connectivity index (χ0v) is 16.5. The number of para-hydroxylation sites is 1. The van der Waals surface area contributed by atoms with Crippen molar-refractivity contribution in [3.8, 4) is 17.0 Å². The smallest absolute Gasteiger partial charge is 0.267 e. The number of hydrogen-bond acceptors (Lipinski definition) is 4. The molecule has 4 rings (SSSR count). The van der Waals surface area contributed by atoms with Crippen molar-refractivity contribution in [2.75, 3.05) is 18.6 Å². The molecule has 0 radical (unpaired) electrons. The zero-order chi connectivity index (χ0) is 20.4. The molecule has 6 nitrogen and oxygen atoms in total. The molecule has 3 aromatic rings. The Labute approximate surface area is 169 Å². The molecule has 1 aromatic heterocycles. The van der Waals surface area contributed by atoms with Gasteiger partial charge in [0.05, 0.1) is 12.8 Å². The second kappa shape index (κ2) is 7.91. The minimum absolute atomic E-state index is 0.126. The summed E-state index contributed by atoms with van der Waals surface area (Å²) in [7, 11) is 1.61. The van der Waals surface area contributed by atoms with Crippen molar-refractivity contribution in [2.24, 2.45) is 0 Å². The van der Waals surface area contributed by atoms with E-state index in [1.165, 1.54) is 10.7 Å². The number of nitrogens with zero attached hydrogens (tertiary/aromatic N) is 3. The van der Waals surface area contributed by atoms with E-state index in [9.17, 15) is 9.59 Å². The van der Waals surface area contributed by atoms with E-state index in [4.69, 9.17) is 4.74 Å². The van der Waals surface area contributed by atoms with Gasteiger partial charge in [0, 0.05) is 23.9 Å². The highest BCUT2D eigenvalue weighted by molar-refractivity contribution is 5.97. The summed E-state index contributed by atoms with van der Waals surface area (Å²) in [6.07, 6.45) is 1.86. The van der Waals surface area contributed by atoms with Gasteiger partial charge in [-0.15, -0.1) is 0 Å². The molecule has 148 valence electrons. The van der Waals surface area contributed by atoms with Gasteiger partial charge in [-0.3, -0.25) is 9.59 Å². The molecule has 1 unspecified atom stereocenters. The number of rotatable bonds is 4. The molecule has 2 heterocycles. The third-order valence-corrected chi connectivity index (χ3v) is 5.31. The summed E-state index contributed by atoms with van der Waals surface area (Å²) in [6.45, 7) is 2.37. The van der Waals surface area contributed by atoms with Crippen LogP contribution in [0.2, 0.25) is 0 Å². The number of benzene rings is 2. The molecular formula is C23H23N3O3. The second-order valence-electron chi connectivity index (χ2n) is 7.13. The number of aryl methyl sites for hydroxylation is 1. The normalized spacial score (nSPS) is 14.2. The van der Waals surface area contributed by atoms with E-state index in [1.54, 1.807) is 25.0 Å². The second-order valence-corrected chi connectivity index (χ2v) is 7.13. The Morgan fingerprint density at radius 3 is 2.59 bits per heavy atom. The van der Waals surface area contributed by atoms with Gasteiger partial charge < -0.3 is 9.64 Å². The van der Waals surface area contributed by atoms with E-state index in [1.807, 2.05) is 48.5 Å². The molecular weight excluding hydrogens is 366 g/mol. The largest absolute Gasteiger partial charge is 0.497 e.